The second-order valence-electron chi connectivity index (χ2n) is 12.1. The van der Waals surface area contributed by atoms with Gasteiger partial charge in [-0.3, -0.25) is 0 Å². The predicted octanol–water partition coefficient (Wildman–Crippen LogP) is 11.8. The molecular formula is C45H29N3O. The Balaban J connectivity index is 1.21. The first kappa shape index (κ1) is 28.6. The zero-order valence-electron chi connectivity index (χ0n) is 26.5. The molecule has 0 saturated heterocycles. The maximum atomic E-state index is 6.48. The lowest BCUT2D eigenvalue weighted by molar-refractivity contribution is 0.670. The van der Waals surface area contributed by atoms with Crippen molar-refractivity contribution in [2.75, 3.05) is 0 Å². The number of para-hydroxylation sites is 2. The normalized spacial score (nSPS) is 11.3. The van der Waals surface area contributed by atoms with Gasteiger partial charge in [0.25, 0.3) is 0 Å². The van der Waals surface area contributed by atoms with Crippen molar-refractivity contribution < 1.29 is 4.42 Å². The first-order valence-electron chi connectivity index (χ1n) is 16.4. The molecule has 49 heavy (non-hydrogen) atoms. The molecule has 0 N–H and O–H groups in total. The van der Waals surface area contributed by atoms with E-state index in [9.17, 15) is 0 Å². The summed E-state index contributed by atoms with van der Waals surface area (Å²) in [5.74, 6) is 1.91. The SMILES string of the molecule is c1ccc(-c2cc(-c3cccc(-c4nc(-c5ccccc5)nc(-c5ccccc5)n4)c3)cc(-c3cccc4c3oc3ccccc34)c2)cc1. The van der Waals surface area contributed by atoms with Crippen LogP contribution in [0.1, 0.15) is 0 Å². The number of hydrogen-bond acceptors (Lipinski definition) is 4. The van der Waals surface area contributed by atoms with Crippen LogP contribution in [-0.2, 0) is 0 Å². The van der Waals surface area contributed by atoms with Crippen LogP contribution in [0.25, 0.3) is 89.5 Å². The molecule has 0 aliphatic carbocycles. The van der Waals surface area contributed by atoms with E-state index >= 15 is 0 Å². The molecule has 2 aromatic heterocycles. The highest BCUT2D eigenvalue weighted by molar-refractivity contribution is 6.09. The van der Waals surface area contributed by atoms with Crippen molar-refractivity contribution in [3.8, 4) is 67.5 Å². The van der Waals surface area contributed by atoms with Crippen molar-refractivity contribution in [1.29, 1.82) is 0 Å². The first-order chi connectivity index (χ1) is 24.3. The summed E-state index contributed by atoms with van der Waals surface area (Å²) >= 11 is 0. The number of benzene rings is 7. The first-order valence-corrected chi connectivity index (χ1v) is 16.4. The second kappa shape index (κ2) is 12.2. The van der Waals surface area contributed by atoms with E-state index in [2.05, 4.69) is 103 Å². The van der Waals surface area contributed by atoms with Crippen LogP contribution in [0.5, 0.6) is 0 Å². The van der Waals surface area contributed by atoms with Crippen LogP contribution in [0, 0.1) is 0 Å². The minimum atomic E-state index is 0.626. The summed E-state index contributed by atoms with van der Waals surface area (Å²) in [6.45, 7) is 0. The lowest BCUT2D eigenvalue weighted by Crippen LogP contribution is -2.00. The average Bonchev–Trinajstić information content (AvgIpc) is 3.58. The fourth-order valence-electron chi connectivity index (χ4n) is 6.50. The summed E-state index contributed by atoms with van der Waals surface area (Å²) in [7, 11) is 0. The molecule has 0 aliphatic heterocycles. The Morgan fingerprint density at radius 3 is 1.43 bits per heavy atom. The van der Waals surface area contributed by atoms with Crippen LogP contribution in [-0.4, -0.2) is 15.0 Å². The Morgan fingerprint density at radius 2 is 0.755 bits per heavy atom. The van der Waals surface area contributed by atoms with E-state index in [0.717, 1.165) is 72.0 Å². The van der Waals surface area contributed by atoms with Crippen LogP contribution in [0.4, 0.5) is 0 Å². The van der Waals surface area contributed by atoms with Crippen LogP contribution in [0.15, 0.2) is 180 Å². The van der Waals surface area contributed by atoms with E-state index in [1.807, 2.05) is 72.8 Å². The average molecular weight is 628 g/mol. The number of fused-ring (bicyclic) bond motifs is 3. The second-order valence-corrected chi connectivity index (χ2v) is 12.1. The van der Waals surface area contributed by atoms with Gasteiger partial charge in [-0.1, -0.05) is 146 Å². The van der Waals surface area contributed by atoms with Crippen LogP contribution in [0.3, 0.4) is 0 Å². The molecular weight excluding hydrogens is 599 g/mol. The number of rotatable bonds is 6. The quantitative estimate of drug-likeness (QED) is 0.184. The minimum absolute atomic E-state index is 0.626. The number of aromatic nitrogens is 3. The largest absolute Gasteiger partial charge is 0.455 e. The molecule has 4 nitrogen and oxygen atoms in total. The maximum absolute atomic E-state index is 6.48. The van der Waals surface area contributed by atoms with Crippen molar-refractivity contribution in [2.45, 2.75) is 0 Å². The fraction of sp³-hybridized carbons (Fsp3) is 0. The van der Waals surface area contributed by atoms with Crippen LogP contribution in [0.2, 0.25) is 0 Å². The smallest absolute Gasteiger partial charge is 0.164 e. The number of nitrogens with zero attached hydrogens (tertiary/aromatic N) is 3. The van der Waals surface area contributed by atoms with Crippen molar-refractivity contribution in [3.63, 3.8) is 0 Å². The van der Waals surface area contributed by atoms with Crippen LogP contribution < -0.4 is 0 Å². The summed E-state index contributed by atoms with van der Waals surface area (Å²) in [6.07, 6.45) is 0. The maximum Gasteiger partial charge on any atom is 0.164 e. The zero-order chi connectivity index (χ0) is 32.6. The standard InChI is InChI=1S/C45H29N3O/c1-4-14-30(15-5-1)35-27-36(29-37(28-35)38-23-13-24-40-39-22-10-11-25-41(39)49-42(38)40)33-20-12-21-34(26-33)45-47-43(31-16-6-2-7-17-31)46-44(48-45)32-18-8-3-9-19-32/h1-29H. The summed E-state index contributed by atoms with van der Waals surface area (Å²) in [6, 6.07) is 60.5. The number of furan rings is 1. The van der Waals surface area contributed by atoms with Gasteiger partial charge in [0.1, 0.15) is 11.2 Å². The van der Waals surface area contributed by atoms with Gasteiger partial charge in [-0.15, -0.1) is 0 Å². The molecule has 4 heteroatoms. The summed E-state index contributed by atoms with van der Waals surface area (Å²) in [5, 5.41) is 2.23. The van der Waals surface area contributed by atoms with Gasteiger partial charge in [0.2, 0.25) is 0 Å². The van der Waals surface area contributed by atoms with Gasteiger partial charge in [0.05, 0.1) is 0 Å². The van der Waals surface area contributed by atoms with E-state index in [0.29, 0.717) is 17.5 Å². The molecule has 0 amide bonds. The molecule has 0 radical (unpaired) electrons. The fourth-order valence-corrected chi connectivity index (χ4v) is 6.50. The molecule has 7 aromatic carbocycles. The Hall–Kier alpha value is -6.65. The highest BCUT2D eigenvalue weighted by atomic mass is 16.3. The van der Waals surface area contributed by atoms with E-state index < -0.39 is 0 Å². The summed E-state index contributed by atoms with van der Waals surface area (Å²) < 4.78 is 6.48. The lowest BCUT2D eigenvalue weighted by Gasteiger charge is -2.13. The predicted molar refractivity (Wildman–Crippen MR) is 200 cm³/mol. The lowest BCUT2D eigenvalue weighted by atomic mass is 9.92. The van der Waals surface area contributed by atoms with Gasteiger partial charge in [-0.05, 0) is 58.1 Å². The third-order valence-electron chi connectivity index (χ3n) is 8.91. The Bertz CT molecular complexity index is 2540. The van der Waals surface area contributed by atoms with Gasteiger partial charge in [-0.2, -0.15) is 0 Å². The van der Waals surface area contributed by atoms with E-state index in [-0.39, 0.29) is 0 Å². The zero-order valence-corrected chi connectivity index (χ0v) is 26.5. The highest BCUT2D eigenvalue weighted by Gasteiger charge is 2.16. The van der Waals surface area contributed by atoms with Crippen molar-refractivity contribution in [3.05, 3.63) is 176 Å². The van der Waals surface area contributed by atoms with Gasteiger partial charge in [0.15, 0.2) is 17.5 Å². The molecule has 0 fully saturated rings. The van der Waals surface area contributed by atoms with Gasteiger partial charge in [-0.25, -0.2) is 15.0 Å². The third-order valence-corrected chi connectivity index (χ3v) is 8.91. The molecule has 0 saturated carbocycles. The molecule has 0 unspecified atom stereocenters. The Morgan fingerprint density at radius 1 is 0.306 bits per heavy atom. The molecule has 0 atom stereocenters. The minimum Gasteiger partial charge on any atom is -0.455 e. The van der Waals surface area contributed by atoms with Gasteiger partial charge in [0, 0.05) is 33.0 Å². The monoisotopic (exact) mass is 627 g/mol. The molecule has 9 aromatic rings. The van der Waals surface area contributed by atoms with Gasteiger partial charge < -0.3 is 4.42 Å². The Kier molecular flexibility index (Phi) is 7.10. The summed E-state index contributed by atoms with van der Waals surface area (Å²) in [4.78, 5) is 14.8. The van der Waals surface area contributed by atoms with Crippen molar-refractivity contribution in [2.24, 2.45) is 0 Å². The van der Waals surface area contributed by atoms with Crippen LogP contribution >= 0.6 is 0 Å². The van der Waals surface area contributed by atoms with E-state index in [1.165, 1.54) is 0 Å². The highest BCUT2D eigenvalue weighted by Crippen LogP contribution is 2.39. The topological polar surface area (TPSA) is 51.8 Å². The molecule has 230 valence electrons. The van der Waals surface area contributed by atoms with E-state index in [1.54, 1.807) is 0 Å². The van der Waals surface area contributed by atoms with Crippen molar-refractivity contribution >= 4 is 21.9 Å². The van der Waals surface area contributed by atoms with E-state index in [4.69, 9.17) is 19.4 Å². The molecule has 2 heterocycles. The molecule has 0 bridgehead atoms. The Labute approximate surface area is 284 Å². The van der Waals surface area contributed by atoms with Gasteiger partial charge >= 0.3 is 0 Å². The third kappa shape index (κ3) is 5.45. The molecule has 0 aliphatic rings. The number of hydrogen-bond donors (Lipinski definition) is 0. The summed E-state index contributed by atoms with van der Waals surface area (Å²) in [5.41, 5.74) is 11.2. The molecule has 0 spiro atoms. The molecule has 9 rings (SSSR count). The van der Waals surface area contributed by atoms with Crippen molar-refractivity contribution in [1.82, 2.24) is 15.0 Å².